The van der Waals surface area contributed by atoms with Crippen LogP contribution in [0.1, 0.15) is 24.1 Å². The highest BCUT2D eigenvalue weighted by atomic mass is 79.9. The molecule has 0 aliphatic heterocycles. The van der Waals surface area contributed by atoms with Crippen molar-refractivity contribution in [2.45, 2.75) is 13.0 Å². The molecule has 0 amide bonds. The van der Waals surface area contributed by atoms with Crippen LogP contribution >= 0.6 is 15.9 Å². The van der Waals surface area contributed by atoms with Gasteiger partial charge in [0.1, 0.15) is 11.9 Å². The van der Waals surface area contributed by atoms with E-state index in [9.17, 15) is 4.39 Å². The van der Waals surface area contributed by atoms with Crippen LogP contribution in [0.2, 0.25) is 0 Å². The second-order valence-corrected chi connectivity index (χ2v) is 5.14. The van der Waals surface area contributed by atoms with Gasteiger partial charge in [-0.2, -0.15) is 5.26 Å². The van der Waals surface area contributed by atoms with E-state index >= 15 is 0 Å². The van der Waals surface area contributed by atoms with Gasteiger partial charge in [0.15, 0.2) is 0 Å². The standard InChI is InChI=1S/C15H12BrFN2/c1-10(11-3-2-4-14(17)8-11)19-15-6-5-13(16)7-12(15)9-18/h2-8,10,19H,1H3. The first-order valence-corrected chi connectivity index (χ1v) is 6.61. The van der Waals surface area contributed by atoms with Crippen LogP contribution in [-0.2, 0) is 0 Å². The zero-order valence-electron chi connectivity index (χ0n) is 10.3. The van der Waals surface area contributed by atoms with Gasteiger partial charge in [-0.25, -0.2) is 4.39 Å². The molecule has 96 valence electrons. The van der Waals surface area contributed by atoms with Crippen LogP contribution in [0.15, 0.2) is 46.9 Å². The first-order chi connectivity index (χ1) is 9.10. The average molecular weight is 319 g/mol. The maximum Gasteiger partial charge on any atom is 0.123 e. The summed E-state index contributed by atoms with van der Waals surface area (Å²) in [5.74, 6) is -0.262. The Bertz CT molecular complexity index is 634. The van der Waals surface area contributed by atoms with Crippen molar-refractivity contribution in [1.82, 2.24) is 0 Å². The zero-order chi connectivity index (χ0) is 13.8. The van der Waals surface area contributed by atoms with E-state index < -0.39 is 0 Å². The molecule has 0 aromatic heterocycles. The van der Waals surface area contributed by atoms with E-state index in [1.807, 2.05) is 25.1 Å². The van der Waals surface area contributed by atoms with Gasteiger partial charge >= 0.3 is 0 Å². The van der Waals surface area contributed by atoms with Gasteiger partial charge < -0.3 is 5.32 Å². The summed E-state index contributed by atoms with van der Waals surface area (Å²) < 4.78 is 14.0. The van der Waals surface area contributed by atoms with E-state index in [4.69, 9.17) is 5.26 Å². The van der Waals surface area contributed by atoms with E-state index in [1.165, 1.54) is 12.1 Å². The molecule has 0 bridgehead atoms. The van der Waals surface area contributed by atoms with Crippen molar-refractivity contribution in [3.8, 4) is 6.07 Å². The highest BCUT2D eigenvalue weighted by Gasteiger charge is 2.09. The van der Waals surface area contributed by atoms with Gasteiger partial charge in [0.25, 0.3) is 0 Å². The molecule has 2 aromatic carbocycles. The van der Waals surface area contributed by atoms with Crippen molar-refractivity contribution < 1.29 is 4.39 Å². The van der Waals surface area contributed by atoms with Gasteiger partial charge in [0, 0.05) is 10.5 Å². The van der Waals surface area contributed by atoms with Crippen molar-refractivity contribution in [2.75, 3.05) is 5.32 Å². The van der Waals surface area contributed by atoms with Gasteiger partial charge in [0.05, 0.1) is 11.3 Å². The summed E-state index contributed by atoms with van der Waals surface area (Å²) in [6, 6.07) is 13.9. The fourth-order valence-corrected chi connectivity index (χ4v) is 2.19. The third-order valence-corrected chi connectivity index (χ3v) is 3.32. The fraction of sp³-hybridized carbons (Fsp3) is 0.133. The summed E-state index contributed by atoms with van der Waals surface area (Å²) in [5.41, 5.74) is 2.13. The number of nitriles is 1. The molecular weight excluding hydrogens is 307 g/mol. The Labute approximate surface area is 120 Å². The predicted molar refractivity (Wildman–Crippen MR) is 77.3 cm³/mol. The molecule has 0 spiro atoms. The Hall–Kier alpha value is -1.86. The summed E-state index contributed by atoms with van der Waals surface area (Å²) >= 11 is 3.33. The van der Waals surface area contributed by atoms with Gasteiger partial charge in [-0.05, 0) is 42.8 Å². The molecule has 1 unspecified atom stereocenters. The van der Waals surface area contributed by atoms with E-state index in [0.29, 0.717) is 5.56 Å². The number of nitrogens with one attached hydrogen (secondary N) is 1. The van der Waals surface area contributed by atoms with Crippen LogP contribution in [0, 0.1) is 17.1 Å². The maximum absolute atomic E-state index is 13.2. The van der Waals surface area contributed by atoms with Crippen molar-refractivity contribution in [1.29, 1.82) is 5.26 Å². The first-order valence-electron chi connectivity index (χ1n) is 5.82. The highest BCUT2D eigenvalue weighted by molar-refractivity contribution is 9.10. The Kier molecular flexibility index (Phi) is 4.18. The maximum atomic E-state index is 13.2. The number of rotatable bonds is 3. The van der Waals surface area contributed by atoms with Crippen LogP contribution in [-0.4, -0.2) is 0 Å². The van der Waals surface area contributed by atoms with E-state index in [2.05, 4.69) is 27.3 Å². The smallest absolute Gasteiger partial charge is 0.123 e. The first kappa shape index (κ1) is 13.6. The number of hydrogen-bond acceptors (Lipinski definition) is 2. The Morgan fingerprint density at radius 2 is 2.05 bits per heavy atom. The minimum Gasteiger partial charge on any atom is -0.377 e. The molecule has 4 heteroatoms. The number of benzene rings is 2. The van der Waals surface area contributed by atoms with Crippen molar-refractivity contribution >= 4 is 21.6 Å². The van der Waals surface area contributed by atoms with E-state index in [0.717, 1.165) is 15.7 Å². The molecule has 0 saturated heterocycles. The molecule has 0 fully saturated rings. The summed E-state index contributed by atoms with van der Waals surface area (Å²) in [7, 11) is 0. The third kappa shape index (κ3) is 3.33. The number of nitrogens with zero attached hydrogens (tertiary/aromatic N) is 1. The summed E-state index contributed by atoms with van der Waals surface area (Å²) in [4.78, 5) is 0. The Morgan fingerprint density at radius 3 is 2.74 bits per heavy atom. The second kappa shape index (κ2) is 5.85. The SMILES string of the molecule is CC(Nc1ccc(Br)cc1C#N)c1cccc(F)c1. The molecule has 2 nitrogen and oxygen atoms in total. The molecule has 0 aliphatic rings. The van der Waals surface area contributed by atoms with E-state index in [1.54, 1.807) is 12.1 Å². The van der Waals surface area contributed by atoms with Gasteiger partial charge in [-0.3, -0.25) is 0 Å². The van der Waals surface area contributed by atoms with Crippen LogP contribution in [0.3, 0.4) is 0 Å². The Morgan fingerprint density at radius 1 is 1.26 bits per heavy atom. The minimum absolute atomic E-state index is 0.0797. The quantitative estimate of drug-likeness (QED) is 0.895. The molecule has 2 rings (SSSR count). The van der Waals surface area contributed by atoms with Crippen LogP contribution in [0.4, 0.5) is 10.1 Å². The molecule has 2 aromatic rings. The lowest BCUT2D eigenvalue weighted by Gasteiger charge is -2.17. The second-order valence-electron chi connectivity index (χ2n) is 4.22. The molecule has 0 heterocycles. The molecule has 0 radical (unpaired) electrons. The normalized spacial score (nSPS) is 11.7. The third-order valence-electron chi connectivity index (χ3n) is 2.82. The predicted octanol–water partition coefficient (Wildman–Crippen LogP) is 4.63. The monoisotopic (exact) mass is 318 g/mol. The summed E-state index contributed by atoms with van der Waals surface area (Å²) in [6.07, 6.45) is 0. The van der Waals surface area contributed by atoms with Gasteiger partial charge in [-0.15, -0.1) is 0 Å². The molecular formula is C15H12BrFN2. The summed E-state index contributed by atoms with van der Waals surface area (Å²) in [5, 5.41) is 12.3. The molecule has 19 heavy (non-hydrogen) atoms. The largest absolute Gasteiger partial charge is 0.377 e. The number of halogens is 2. The average Bonchev–Trinajstić information content (AvgIpc) is 2.40. The van der Waals surface area contributed by atoms with Gasteiger partial charge in [-0.1, -0.05) is 28.1 Å². The molecule has 1 atom stereocenters. The van der Waals surface area contributed by atoms with Crippen molar-refractivity contribution in [3.63, 3.8) is 0 Å². The molecule has 0 aliphatic carbocycles. The minimum atomic E-state index is -0.262. The van der Waals surface area contributed by atoms with Crippen LogP contribution in [0.25, 0.3) is 0 Å². The lowest BCUT2D eigenvalue weighted by atomic mass is 10.1. The summed E-state index contributed by atoms with van der Waals surface area (Å²) in [6.45, 7) is 1.93. The fourth-order valence-electron chi connectivity index (χ4n) is 1.83. The van der Waals surface area contributed by atoms with Crippen LogP contribution < -0.4 is 5.32 Å². The lowest BCUT2D eigenvalue weighted by Crippen LogP contribution is -2.08. The molecule has 1 N–H and O–H groups in total. The number of hydrogen-bond donors (Lipinski definition) is 1. The zero-order valence-corrected chi connectivity index (χ0v) is 11.9. The topological polar surface area (TPSA) is 35.8 Å². The molecule has 0 saturated carbocycles. The van der Waals surface area contributed by atoms with Crippen molar-refractivity contribution in [2.24, 2.45) is 0 Å². The van der Waals surface area contributed by atoms with Crippen LogP contribution in [0.5, 0.6) is 0 Å². The Balaban J connectivity index is 2.24. The lowest BCUT2D eigenvalue weighted by molar-refractivity contribution is 0.623. The van der Waals surface area contributed by atoms with E-state index in [-0.39, 0.29) is 11.9 Å². The van der Waals surface area contributed by atoms with Gasteiger partial charge in [0.2, 0.25) is 0 Å². The number of anilines is 1. The highest BCUT2D eigenvalue weighted by Crippen LogP contribution is 2.25. The van der Waals surface area contributed by atoms with Crippen molar-refractivity contribution in [3.05, 3.63) is 63.9 Å².